The van der Waals surface area contributed by atoms with Gasteiger partial charge in [-0.25, -0.2) is 9.97 Å². The van der Waals surface area contributed by atoms with Crippen molar-refractivity contribution in [2.45, 2.75) is 39.1 Å². The maximum Gasteiger partial charge on any atom is 0.230 e. The predicted molar refractivity (Wildman–Crippen MR) is 95.8 cm³/mol. The molecule has 0 spiro atoms. The molecule has 6 heteroatoms. The van der Waals surface area contributed by atoms with Gasteiger partial charge >= 0.3 is 0 Å². The van der Waals surface area contributed by atoms with Crippen LogP contribution in [0.15, 0.2) is 35.5 Å². The summed E-state index contributed by atoms with van der Waals surface area (Å²) in [5, 5.41) is 3.58. The highest BCUT2D eigenvalue weighted by molar-refractivity contribution is 7.99. The van der Waals surface area contributed by atoms with E-state index in [1.807, 2.05) is 51.1 Å². The standard InChI is InChI=1S/C18H23N3O2S/c1-4-23-11-16-8-6-5-7-15(16)10-19-17(22)12-24-18-20-13(2)9-14(3)21-18/h5-9H,4,10-12H2,1-3H3,(H,19,22). The Hall–Kier alpha value is -1.92. The Morgan fingerprint density at radius 1 is 1.17 bits per heavy atom. The maximum absolute atomic E-state index is 12.1. The molecule has 0 unspecified atom stereocenters. The molecule has 0 saturated heterocycles. The van der Waals surface area contributed by atoms with Crippen LogP contribution >= 0.6 is 11.8 Å². The molecule has 0 radical (unpaired) electrons. The van der Waals surface area contributed by atoms with Crippen LogP contribution in [0.25, 0.3) is 0 Å². The number of carbonyl (C=O) groups excluding carboxylic acids is 1. The molecular weight excluding hydrogens is 322 g/mol. The fourth-order valence-electron chi connectivity index (χ4n) is 2.22. The van der Waals surface area contributed by atoms with Gasteiger partial charge in [-0.2, -0.15) is 0 Å². The lowest BCUT2D eigenvalue weighted by molar-refractivity contribution is -0.118. The molecule has 0 saturated carbocycles. The first-order valence-corrected chi connectivity index (χ1v) is 8.93. The summed E-state index contributed by atoms with van der Waals surface area (Å²) in [5.41, 5.74) is 4.00. The van der Waals surface area contributed by atoms with E-state index in [9.17, 15) is 4.79 Å². The number of carbonyl (C=O) groups is 1. The number of nitrogens with one attached hydrogen (secondary N) is 1. The molecular formula is C18H23N3O2S. The van der Waals surface area contributed by atoms with E-state index in [1.54, 1.807) is 0 Å². The third kappa shape index (κ3) is 5.94. The smallest absolute Gasteiger partial charge is 0.230 e. The van der Waals surface area contributed by atoms with Gasteiger partial charge in [-0.05, 0) is 38.0 Å². The second kappa shape index (κ2) is 9.39. The highest BCUT2D eigenvalue weighted by Gasteiger charge is 2.08. The Morgan fingerprint density at radius 2 is 1.83 bits per heavy atom. The van der Waals surface area contributed by atoms with Gasteiger partial charge in [0.05, 0.1) is 12.4 Å². The van der Waals surface area contributed by atoms with E-state index >= 15 is 0 Å². The largest absolute Gasteiger partial charge is 0.377 e. The molecule has 0 fully saturated rings. The fourth-order valence-corrected chi connectivity index (χ4v) is 3.00. The van der Waals surface area contributed by atoms with E-state index in [4.69, 9.17) is 4.74 Å². The molecule has 1 amide bonds. The van der Waals surface area contributed by atoms with Crippen LogP contribution in [0.3, 0.4) is 0 Å². The van der Waals surface area contributed by atoms with Crippen LogP contribution in [-0.4, -0.2) is 28.2 Å². The molecule has 128 valence electrons. The fraction of sp³-hybridized carbons (Fsp3) is 0.389. The quantitative estimate of drug-likeness (QED) is 0.588. The molecule has 0 bridgehead atoms. The summed E-state index contributed by atoms with van der Waals surface area (Å²) in [6, 6.07) is 9.89. The van der Waals surface area contributed by atoms with Crippen LogP contribution in [0.5, 0.6) is 0 Å². The molecule has 1 heterocycles. The molecule has 0 atom stereocenters. The monoisotopic (exact) mass is 345 g/mol. The molecule has 5 nitrogen and oxygen atoms in total. The van der Waals surface area contributed by atoms with E-state index in [0.717, 1.165) is 22.5 Å². The van der Waals surface area contributed by atoms with Gasteiger partial charge in [0.2, 0.25) is 5.91 Å². The minimum Gasteiger partial charge on any atom is -0.377 e. The molecule has 1 aromatic carbocycles. The average Bonchev–Trinajstić information content (AvgIpc) is 2.56. The van der Waals surface area contributed by atoms with Crippen LogP contribution in [0.1, 0.15) is 29.4 Å². The molecule has 0 aliphatic rings. The van der Waals surface area contributed by atoms with Crippen LogP contribution in [0.2, 0.25) is 0 Å². The number of nitrogens with zero attached hydrogens (tertiary/aromatic N) is 2. The van der Waals surface area contributed by atoms with Crippen molar-refractivity contribution in [3.8, 4) is 0 Å². The zero-order chi connectivity index (χ0) is 17.4. The van der Waals surface area contributed by atoms with Crippen LogP contribution < -0.4 is 5.32 Å². The summed E-state index contributed by atoms with van der Waals surface area (Å²) in [6.45, 7) is 7.55. The van der Waals surface area contributed by atoms with Crippen LogP contribution in [0.4, 0.5) is 0 Å². The van der Waals surface area contributed by atoms with Gasteiger partial charge in [-0.1, -0.05) is 36.0 Å². The molecule has 0 aliphatic carbocycles. The Morgan fingerprint density at radius 3 is 2.50 bits per heavy atom. The first-order valence-electron chi connectivity index (χ1n) is 7.94. The Balaban J connectivity index is 1.85. The summed E-state index contributed by atoms with van der Waals surface area (Å²) in [6.07, 6.45) is 0. The second-order valence-corrected chi connectivity index (χ2v) is 6.35. The third-order valence-corrected chi connectivity index (χ3v) is 4.20. The SMILES string of the molecule is CCOCc1ccccc1CNC(=O)CSc1nc(C)cc(C)n1. The summed E-state index contributed by atoms with van der Waals surface area (Å²) in [4.78, 5) is 20.7. The first-order chi connectivity index (χ1) is 11.6. The molecule has 2 rings (SSSR count). The van der Waals surface area contributed by atoms with Crippen LogP contribution in [0, 0.1) is 13.8 Å². The average molecular weight is 345 g/mol. The lowest BCUT2D eigenvalue weighted by atomic mass is 10.1. The summed E-state index contributed by atoms with van der Waals surface area (Å²) in [5.74, 6) is 0.269. The third-order valence-electron chi connectivity index (χ3n) is 3.35. The molecule has 1 N–H and O–H groups in total. The van der Waals surface area contributed by atoms with Crippen LogP contribution in [-0.2, 0) is 22.7 Å². The Labute approximate surface area is 147 Å². The lowest BCUT2D eigenvalue weighted by Gasteiger charge is -2.10. The Bertz CT molecular complexity index is 671. The first kappa shape index (κ1) is 18.4. The minimum atomic E-state index is -0.0334. The van der Waals surface area contributed by atoms with Gasteiger partial charge in [-0.15, -0.1) is 0 Å². The van der Waals surface area contributed by atoms with Gasteiger partial charge in [0.15, 0.2) is 5.16 Å². The van der Waals surface area contributed by atoms with Crippen molar-refractivity contribution in [3.63, 3.8) is 0 Å². The Kier molecular flexibility index (Phi) is 7.21. The summed E-state index contributed by atoms with van der Waals surface area (Å²) < 4.78 is 5.46. The number of amides is 1. The highest BCUT2D eigenvalue weighted by atomic mass is 32.2. The number of hydrogen-bond acceptors (Lipinski definition) is 5. The molecule has 0 aliphatic heterocycles. The van der Waals surface area contributed by atoms with E-state index < -0.39 is 0 Å². The maximum atomic E-state index is 12.1. The van der Waals surface area contributed by atoms with Crippen molar-refractivity contribution in [1.82, 2.24) is 15.3 Å². The van der Waals surface area contributed by atoms with Crippen molar-refractivity contribution in [2.24, 2.45) is 0 Å². The van der Waals surface area contributed by atoms with E-state index in [1.165, 1.54) is 11.8 Å². The summed E-state index contributed by atoms with van der Waals surface area (Å²) >= 11 is 1.35. The van der Waals surface area contributed by atoms with Gasteiger partial charge in [0.25, 0.3) is 0 Å². The molecule has 1 aromatic heterocycles. The second-order valence-electron chi connectivity index (χ2n) is 5.40. The topological polar surface area (TPSA) is 64.1 Å². The number of thioether (sulfide) groups is 1. The summed E-state index contributed by atoms with van der Waals surface area (Å²) in [7, 11) is 0. The zero-order valence-corrected chi connectivity index (χ0v) is 15.2. The zero-order valence-electron chi connectivity index (χ0n) is 14.3. The molecule has 2 aromatic rings. The van der Waals surface area contributed by atoms with Crippen molar-refractivity contribution in [2.75, 3.05) is 12.4 Å². The highest BCUT2D eigenvalue weighted by Crippen LogP contribution is 2.14. The lowest BCUT2D eigenvalue weighted by Crippen LogP contribution is -2.25. The van der Waals surface area contributed by atoms with Gasteiger partial charge in [-0.3, -0.25) is 4.79 Å². The van der Waals surface area contributed by atoms with Crippen molar-refractivity contribution in [3.05, 3.63) is 52.8 Å². The van der Waals surface area contributed by atoms with E-state index in [2.05, 4.69) is 15.3 Å². The number of ether oxygens (including phenoxy) is 1. The minimum absolute atomic E-state index is 0.0334. The molecule has 24 heavy (non-hydrogen) atoms. The van der Waals surface area contributed by atoms with E-state index in [0.29, 0.717) is 30.7 Å². The number of aryl methyl sites for hydroxylation is 2. The van der Waals surface area contributed by atoms with Crippen molar-refractivity contribution >= 4 is 17.7 Å². The number of aromatic nitrogens is 2. The predicted octanol–water partition coefficient (Wildman–Crippen LogP) is 3.04. The van der Waals surface area contributed by atoms with Gasteiger partial charge in [0, 0.05) is 24.5 Å². The number of rotatable bonds is 8. The number of hydrogen-bond donors (Lipinski definition) is 1. The van der Waals surface area contributed by atoms with Gasteiger partial charge < -0.3 is 10.1 Å². The van der Waals surface area contributed by atoms with Crippen molar-refractivity contribution < 1.29 is 9.53 Å². The van der Waals surface area contributed by atoms with E-state index in [-0.39, 0.29) is 5.91 Å². The van der Waals surface area contributed by atoms with Gasteiger partial charge in [0.1, 0.15) is 0 Å². The number of benzene rings is 1. The van der Waals surface area contributed by atoms with Crippen molar-refractivity contribution in [1.29, 1.82) is 0 Å². The normalized spacial score (nSPS) is 10.6.